The summed E-state index contributed by atoms with van der Waals surface area (Å²) in [6.45, 7) is 3.38. The highest BCUT2D eigenvalue weighted by atomic mass is 16.5. The molecule has 0 amide bonds. The smallest absolute Gasteiger partial charge is 0.145 e. The van der Waals surface area contributed by atoms with Gasteiger partial charge in [-0.1, -0.05) is 30.3 Å². The molecule has 0 atom stereocenters. The highest BCUT2D eigenvalue weighted by molar-refractivity contribution is 5.64. The maximum Gasteiger partial charge on any atom is 0.145 e. The Bertz CT molecular complexity index is 763. The predicted molar refractivity (Wildman–Crippen MR) is 88.1 cm³/mol. The van der Waals surface area contributed by atoms with Crippen molar-refractivity contribution in [1.29, 1.82) is 0 Å². The van der Waals surface area contributed by atoms with E-state index in [0.717, 1.165) is 34.9 Å². The lowest BCUT2D eigenvalue weighted by atomic mass is 10.2. The molecule has 22 heavy (non-hydrogen) atoms. The number of aromatic nitrogens is 2. The fourth-order valence-corrected chi connectivity index (χ4v) is 2.60. The van der Waals surface area contributed by atoms with E-state index in [1.165, 1.54) is 0 Å². The van der Waals surface area contributed by atoms with Crippen molar-refractivity contribution in [3.63, 3.8) is 0 Å². The van der Waals surface area contributed by atoms with Crippen LogP contribution in [-0.4, -0.2) is 28.4 Å². The quantitative estimate of drug-likeness (QED) is 0.723. The number of ether oxygens (including phenoxy) is 1. The van der Waals surface area contributed by atoms with Gasteiger partial charge in [-0.3, -0.25) is 0 Å². The number of fused-ring (bicyclic) bond motifs is 1. The molecule has 0 N–H and O–H groups in total. The second-order valence-corrected chi connectivity index (χ2v) is 5.71. The van der Waals surface area contributed by atoms with Crippen LogP contribution in [0.1, 0.15) is 17.1 Å². The Morgan fingerprint density at radius 1 is 1.09 bits per heavy atom. The minimum Gasteiger partial charge on any atom is -0.487 e. The average molecular weight is 295 g/mol. The molecular formula is C18H21N3O. The molecule has 0 saturated carbocycles. The third kappa shape index (κ3) is 2.97. The number of pyridine rings is 1. The maximum atomic E-state index is 6.06. The van der Waals surface area contributed by atoms with Crippen LogP contribution in [0.25, 0.3) is 5.52 Å². The molecule has 0 aliphatic rings. The Morgan fingerprint density at radius 3 is 2.59 bits per heavy atom. The van der Waals surface area contributed by atoms with Gasteiger partial charge in [-0.2, -0.15) is 0 Å². The van der Waals surface area contributed by atoms with Crippen molar-refractivity contribution in [2.75, 3.05) is 14.1 Å². The summed E-state index contributed by atoms with van der Waals surface area (Å²) in [7, 11) is 4.10. The summed E-state index contributed by atoms with van der Waals surface area (Å²) in [6.07, 6.45) is 2.03. The Hall–Kier alpha value is -2.33. The van der Waals surface area contributed by atoms with Gasteiger partial charge in [-0.15, -0.1) is 0 Å². The summed E-state index contributed by atoms with van der Waals surface area (Å²) in [6, 6.07) is 14.2. The van der Waals surface area contributed by atoms with Gasteiger partial charge in [-0.05, 0) is 38.7 Å². The van der Waals surface area contributed by atoms with E-state index in [-0.39, 0.29) is 0 Å². The van der Waals surface area contributed by atoms with Crippen molar-refractivity contribution in [2.24, 2.45) is 0 Å². The molecule has 2 heterocycles. The van der Waals surface area contributed by atoms with E-state index in [9.17, 15) is 0 Å². The highest BCUT2D eigenvalue weighted by Crippen LogP contribution is 2.26. The van der Waals surface area contributed by atoms with E-state index >= 15 is 0 Å². The van der Waals surface area contributed by atoms with Crippen molar-refractivity contribution >= 4 is 5.52 Å². The Balaban J connectivity index is 1.94. The fraction of sp³-hybridized carbons (Fsp3) is 0.278. The zero-order valence-corrected chi connectivity index (χ0v) is 13.3. The highest BCUT2D eigenvalue weighted by Gasteiger charge is 2.13. The van der Waals surface area contributed by atoms with E-state index in [1.807, 2.05) is 57.5 Å². The summed E-state index contributed by atoms with van der Waals surface area (Å²) in [4.78, 5) is 6.81. The number of benzene rings is 1. The van der Waals surface area contributed by atoms with Crippen molar-refractivity contribution < 1.29 is 4.74 Å². The zero-order valence-electron chi connectivity index (χ0n) is 13.3. The molecule has 4 heteroatoms. The molecule has 2 aromatic heterocycles. The summed E-state index contributed by atoms with van der Waals surface area (Å²) in [5.74, 6) is 1.86. The van der Waals surface area contributed by atoms with Gasteiger partial charge in [0, 0.05) is 12.7 Å². The lowest BCUT2D eigenvalue weighted by Crippen LogP contribution is -2.11. The molecule has 114 valence electrons. The summed E-state index contributed by atoms with van der Waals surface area (Å²) < 4.78 is 8.16. The third-order valence-corrected chi connectivity index (χ3v) is 3.58. The van der Waals surface area contributed by atoms with Crippen LogP contribution in [0.3, 0.4) is 0 Å². The Kier molecular flexibility index (Phi) is 4.11. The molecule has 0 fully saturated rings. The lowest BCUT2D eigenvalue weighted by molar-refractivity contribution is 0.308. The van der Waals surface area contributed by atoms with E-state index in [2.05, 4.69) is 26.4 Å². The number of aryl methyl sites for hydroxylation is 1. The third-order valence-electron chi connectivity index (χ3n) is 3.58. The van der Waals surface area contributed by atoms with Gasteiger partial charge >= 0.3 is 0 Å². The van der Waals surface area contributed by atoms with Gasteiger partial charge in [0.2, 0.25) is 0 Å². The molecular weight excluding hydrogens is 274 g/mol. The molecule has 0 spiro atoms. The molecule has 0 saturated heterocycles. The van der Waals surface area contributed by atoms with E-state index in [4.69, 9.17) is 4.74 Å². The molecule has 0 aliphatic carbocycles. The molecule has 0 bridgehead atoms. The van der Waals surface area contributed by atoms with Crippen molar-refractivity contribution in [1.82, 2.24) is 14.3 Å². The van der Waals surface area contributed by atoms with Gasteiger partial charge in [0.05, 0.1) is 5.69 Å². The number of imidazole rings is 1. The number of hydrogen-bond donors (Lipinski definition) is 0. The van der Waals surface area contributed by atoms with Crippen LogP contribution in [-0.2, 0) is 13.2 Å². The van der Waals surface area contributed by atoms with Crippen LogP contribution in [0.2, 0.25) is 0 Å². The van der Waals surface area contributed by atoms with E-state index in [1.54, 1.807) is 0 Å². The minimum atomic E-state index is 0.562. The topological polar surface area (TPSA) is 29.8 Å². The molecule has 0 radical (unpaired) electrons. The van der Waals surface area contributed by atoms with Crippen LogP contribution in [0, 0.1) is 6.92 Å². The largest absolute Gasteiger partial charge is 0.487 e. The standard InChI is InChI=1S/C18H21N3O/c1-14-19-16(12-20(2)3)18-17(10-7-11-21(14)18)22-13-15-8-5-4-6-9-15/h4-11H,12-13H2,1-3H3. The average Bonchev–Trinajstić information content (AvgIpc) is 2.82. The monoisotopic (exact) mass is 295 g/mol. The van der Waals surface area contributed by atoms with Crippen LogP contribution in [0.5, 0.6) is 5.75 Å². The van der Waals surface area contributed by atoms with Crippen LogP contribution < -0.4 is 4.74 Å². The van der Waals surface area contributed by atoms with Crippen molar-refractivity contribution in [3.8, 4) is 5.75 Å². The lowest BCUT2D eigenvalue weighted by Gasteiger charge is -2.11. The second kappa shape index (κ2) is 6.20. The van der Waals surface area contributed by atoms with Gasteiger partial charge in [0.25, 0.3) is 0 Å². The molecule has 0 aliphatic heterocycles. The van der Waals surface area contributed by atoms with Gasteiger partial charge in [0.15, 0.2) is 0 Å². The SMILES string of the molecule is Cc1nc(CN(C)C)c2c(OCc3ccccc3)cccn12. The van der Waals surface area contributed by atoms with E-state index < -0.39 is 0 Å². The van der Waals surface area contributed by atoms with Gasteiger partial charge in [0.1, 0.15) is 23.7 Å². The molecule has 3 aromatic rings. The predicted octanol–water partition coefficient (Wildman–Crippen LogP) is 3.28. The van der Waals surface area contributed by atoms with Crippen LogP contribution in [0.4, 0.5) is 0 Å². The zero-order chi connectivity index (χ0) is 15.5. The molecule has 3 rings (SSSR count). The summed E-state index contributed by atoms with van der Waals surface area (Å²) in [5.41, 5.74) is 3.27. The minimum absolute atomic E-state index is 0.562. The number of hydrogen-bond acceptors (Lipinski definition) is 3. The first-order valence-corrected chi connectivity index (χ1v) is 7.43. The summed E-state index contributed by atoms with van der Waals surface area (Å²) in [5, 5.41) is 0. The van der Waals surface area contributed by atoms with Crippen molar-refractivity contribution in [2.45, 2.75) is 20.1 Å². The molecule has 0 unspecified atom stereocenters. The first kappa shape index (κ1) is 14.6. The van der Waals surface area contributed by atoms with Crippen LogP contribution in [0.15, 0.2) is 48.7 Å². The van der Waals surface area contributed by atoms with Crippen molar-refractivity contribution in [3.05, 3.63) is 65.7 Å². The Labute approximate surface area is 131 Å². The number of rotatable bonds is 5. The fourth-order valence-electron chi connectivity index (χ4n) is 2.60. The maximum absolute atomic E-state index is 6.06. The van der Waals surface area contributed by atoms with Gasteiger partial charge in [-0.25, -0.2) is 4.98 Å². The normalized spacial score (nSPS) is 11.3. The first-order valence-electron chi connectivity index (χ1n) is 7.43. The second-order valence-electron chi connectivity index (χ2n) is 5.71. The Morgan fingerprint density at radius 2 is 1.86 bits per heavy atom. The molecule has 4 nitrogen and oxygen atoms in total. The van der Waals surface area contributed by atoms with Gasteiger partial charge < -0.3 is 14.0 Å². The summed E-state index contributed by atoms with van der Waals surface area (Å²) >= 11 is 0. The van der Waals surface area contributed by atoms with Crippen LogP contribution >= 0.6 is 0 Å². The number of nitrogens with zero attached hydrogens (tertiary/aromatic N) is 3. The van der Waals surface area contributed by atoms with E-state index in [0.29, 0.717) is 6.61 Å². The first-order chi connectivity index (χ1) is 10.6. The molecule has 1 aromatic carbocycles.